The molecule has 4 heteroatoms. The smallest absolute Gasteiger partial charge is 0.260 e. The van der Waals surface area contributed by atoms with Crippen LogP contribution in [0.15, 0.2) is 28.8 Å². The molecule has 4 nitrogen and oxygen atoms in total. The minimum absolute atomic E-state index is 0.513. The van der Waals surface area contributed by atoms with Crippen LogP contribution in [0.4, 0.5) is 5.69 Å². The predicted octanol–water partition coefficient (Wildman–Crippen LogP) is 4.28. The third kappa shape index (κ3) is 2.94. The van der Waals surface area contributed by atoms with Gasteiger partial charge in [0.05, 0.1) is 5.56 Å². The van der Waals surface area contributed by atoms with Crippen LogP contribution in [0.2, 0.25) is 0 Å². The van der Waals surface area contributed by atoms with Gasteiger partial charge in [-0.3, -0.25) is 0 Å². The van der Waals surface area contributed by atoms with Crippen molar-refractivity contribution < 1.29 is 4.52 Å². The molecule has 2 aromatic rings. The van der Waals surface area contributed by atoms with E-state index in [9.17, 15) is 0 Å². The van der Waals surface area contributed by atoms with Crippen molar-refractivity contribution in [3.8, 4) is 11.5 Å². The van der Waals surface area contributed by atoms with Crippen molar-refractivity contribution in [3.63, 3.8) is 0 Å². The molecule has 112 valence electrons. The van der Waals surface area contributed by atoms with Gasteiger partial charge in [-0.2, -0.15) is 4.98 Å². The summed E-state index contributed by atoms with van der Waals surface area (Å²) in [6, 6.07) is 8.70. The summed E-state index contributed by atoms with van der Waals surface area (Å²) >= 11 is 0. The van der Waals surface area contributed by atoms with Gasteiger partial charge in [0.1, 0.15) is 0 Å². The van der Waals surface area contributed by atoms with E-state index in [-0.39, 0.29) is 0 Å². The summed E-state index contributed by atoms with van der Waals surface area (Å²) in [7, 11) is 0. The molecule has 0 aliphatic heterocycles. The van der Waals surface area contributed by atoms with Crippen LogP contribution >= 0.6 is 0 Å². The Morgan fingerprint density at radius 1 is 1.19 bits per heavy atom. The molecule has 1 N–H and O–H groups in total. The van der Waals surface area contributed by atoms with E-state index in [1.54, 1.807) is 0 Å². The van der Waals surface area contributed by atoms with Gasteiger partial charge in [0.2, 0.25) is 0 Å². The molecule has 1 heterocycles. The average Bonchev–Trinajstić information content (AvgIpc) is 2.91. The summed E-state index contributed by atoms with van der Waals surface area (Å²) < 4.78 is 5.33. The van der Waals surface area contributed by atoms with E-state index < -0.39 is 0 Å². The molecule has 1 aliphatic rings. The van der Waals surface area contributed by atoms with Crippen molar-refractivity contribution in [1.29, 1.82) is 0 Å². The van der Waals surface area contributed by atoms with Crippen molar-refractivity contribution in [3.05, 3.63) is 30.1 Å². The Labute approximate surface area is 126 Å². The van der Waals surface area contributed by atoms with Crippen molar-refractivity contribution in [2.24, 2.45) is 11.8 Å². The minimum Gasteiger partial charge on any atom is -0.381 e. The fourth-order valence-corrected chi connectivity index (χ4v) is 3.19. The van der Waals surface area contributed by atoms with Crippen LogP contribution in [0.5, 0.6) is 0 Å². The maximum absolute atomic E-state index is 5.33. The van der Waals surface area contributed by atoms with Gasteiger partial charge in [-0.25, -0.2) is 0 Å². The number of benzene rings is 1. The monoisotopic (exact) mass is 285 g/mol. The Morgan fingerprint density at radius 2 is 2.00 bits per heavy atom. The number of nitrogens with one attached hydrogen (secondary N) is 1. The van der Waals surface area contributed by atoms with E-state index in [2.05, 4.69) is 35.4 Å². The van der Waals surface area contributed by atoms with Gasteiger partial charge in [0.15, 0.2) is 5.82 Å². The Kier molecular flexibility index (Phi) is 3.95. The molecule has 1 saturated carbocycles. The summed E-state index contributed by atoms with van der Waals surface area (Å²) in [4.78, 5) is 4.35. The highest BCUT2D eigenvalue weighted by atomic mass is 16.5. The quantitative estimate of drug-likeness (QED) is 0.914. The van der Waals surface area contributed by atoms with E-state index in [1.807, 2.05) is 25.1 Å². The molecule has 1 fully saturated rings. The largest absolute Gasteiger partial charge is 0.381 e. The van der Waals surface area contributed by atoms with E-state index >= 15 is 0 Å². The lowest BCUT2D eigenvalue weighted by Crippen LogP contribution is -2.35. The summed E-state index contributed by atoms with van der Waals surface area (Å²) in [5.41, 5.74) is 2.08. The van der Waals surface area contributed by atoms with Crippen molar-refractivity contribution in [2.75, 3.05) is 5.32 Å². The first kappa shape index (κ1) is 14.1. The Bertz CT molecular complexity index is 608. The molecule has 0 spiro atoms. The number of anilines is 1. The molecule has 0 saturated heterocycles. The number of hydrogen-bond acceptors (Lipinski definition) is 4. The second kappa shape index (κ2) is 5.88. The van der Waals surface area contributed by atoms with Gasteiger partial charge in [0.25, 0.3) is 5.89 Å². The van der Waals surface area contributed by atoms with Gasteiger partial charge in [-0.1, -0.05) is 44.0 Å². The number of nitrogens with zero attached hydrogens (tertiary/aromatic N) is 2. The van der Waals surface area contributed by atoms with Gasteiger partial charge in [-0.05, 0) is 37.3 Å². The lowest BCUT2D eigenvalue weighted by Gasteiger charge is -2.35. The van der Waals surface area contributed by atoms with Crippen molar-refractivity contribution in [2.45, 2.75) is 46.1 Å². The third-order valence-electron chi connectivity index (χ3n) is 4.73. The zero-order chi connectivity index (χ0) is 14.8. The lowest BCUT2D eigenvalue weighted by atomic mass is 9.78. The first-order valence-corrected chi connectivity index (χ1v) is 7.81. The second-order valence-electron chi connectivity index (χ2n) is 6.21. The van der Waals surface area contributed by atoms with Crippen LogP contribution in [0.25, 0.3) is 11.5 Å². The highest BCUT2D eigenvalue weighted by Gasteiger charge is 2.27. The molecule has 3 rings (SSSR count). The van der Waals surface area contributed by atoms with E-state index in [0.717, 1.165) is 17.2 Å². The minimum atomic E-state index is 0.513. The molecule has 0 amide bonds. The van der Waals surface area contributed by atoms with Crippen LogP contribution in [-0.2, 0) is 0 Å². The number of aryl methyl sites for hydroxylation is 1. The molecule has 21 heavy (non-hydrogen) atoms. The first-order chi connectivity index (χ1) is 10.1. The summed E-state index contributed by atoms with van der Waals surface area (Å²) in [6.45, 7) is 6.54. The van der Waals surface area contributed by atoms with Gasteiger partial charge >= 0.3 is 0 Å². The maximum atomic E-state index is 5.33. The average molecular weight is 285 g/mol. The maximum Gasteiger partial charge on any atom is 0.260 e. The van der Waals surface area contributed by atoms with Crippen LogP contribution in [-0.4, -0.2) is 16.2 Å². The number of aromatic nitrogens is 2. The van der Waals surface area contributed by atoms with E-state index in [4.69, 9.17) is 4.52 Å². The first-order valence-electron chi connectivity index (χ1n) is 7.81. The van der Waals surface area contributed by atoms with Crippen LogP contribution in [0.1, 0.15) is 38.9 Å². The van der Waals surface area contributed by atoms with Crippen LogP contribution < -0.4 is 5.32 Å². The zero-order valence-corrected chi connectivity index (χ0v) is 13.0. The molecular formula is C17H23N3O. The number of para-hydroxylation sites is 1. The molecule has 3 atom stereocenters. The summed E-state index contributed by atoms with van der Waals surface area (Å²) in [5, 5.41) is 7.60. The molecule has 1 aliphatic carbocycles. The van der Waals surface area contributed by atoms with E-state index in [0.29, 0.717) is 23.7 Å². The van der Waals surface area contributed by atoms with Crippen molar-refractivity contribution >= 4 is 5.69 Å². The predicted molar refractivity (Wildman–Crippen MR) is 84.1 cm³/mol. The Hall–Kier alpha value is -1.84. The fourth-order valence-electron chi connectivity index (χ4n) is 3.19. The van der Waals surface area contributed by atoms with Crippen LogP contribution in [0.3, 0.4) is 0 Å². The molecule has 0 radical (unpaired) electrons. The molecule has 1 aromatic heterocycles. The molecule has 1 aromatic carbocycles. The van der Waals surface area contributed by atoms with Crippen LogP contribution in [0, 0.1) is 18.8 Å². The topological polar surface area (TPSA) is 51.0 Å². The normalized spacial score (nSPS) is 25.8. The number of rotatable bonds is 3. The standard InChI is InChI=1S/C17H23N3O/c1-11-7-6-10-15(12(11)2)19-16-9-5-4-8-14(16)17-18-13(3)20-21-17/h4-5,8-9,11-12,15,19H,6-7,10H2,1-3H3. The highest BCUT2D eigenvalue weighted by Crippen LogP contribution is 2.34. The lowest BCUT2D eigenvalue weighted by molar-refractivity contribution is 0.253. The second-order valence-corrected chi connectivity index (χ2v) is 6.21. The van der Waals surface area contributed by atoms with Gasteiger partial charge in [-0.15, -0.1) is 0 Å². The SMILES string of the molecule is Cc1noc(-c2ccccc2NC2CCCC(C)C2C)n1. The summed E-state index contributed by atoms with van der Waals surface area (Å²) in [6.07, 6.45) is 3.86. The van der Waals surface area contributed by atoms with Gasteiger partial charge in [0, 0.05) is 11.7 Å². The Morgan fingerprint density at radius 3 is 2.76 bits per heavy atom. The molecular weight excluding hydrogens is 262 g/mol. The third-order valence-corrected chi connectivity index (χ3v) is 4.73. The highest BCUT2D eigenvalue weighted by molar-refractivity contribution is 5.72. The molecule has 3 unspecified atom stereocenters. The van der Waals surface area contributed by atoms with E-state index in [1.165, 1.54) is 19.3 Å². The zero-order valence-electron chi connectivity index (χ0n) is 13.0. The fraction of sp³-hybridized carbons (Fsp3) is 0.529. The van der Waals surface area contributed by atoms with Gasteiger partial charge < -0.3 is 9.84 Å². The number of hydrogen-bond donors (Lipinski definition) is 1. The molecule has 0 bridgehead atoms. The van der Waals surface area contributed by atoms with Crippen molar-refractivity contribution in [1.82, 2.24) is 10.1 Å². The Balaban J connectivity index is 1.86. The summed E-state index contributed by atoms with van der Waals surface area (Å²) in [5.74, 6) is 2.71.